The molecule has 1 aliphatic heterocycles. The van der Waals surface area contributed by atoms with E-state index >= 15 is 0 Å². The van der Waals surface area contributed by atoms with Gasteiger partial charge in [-0.05, 0) is 18.6 Å². The zero-order chi connectivity index (χ0) is 16.6. The number of hydrogen-bond acceptors (Lipinski definition) is 5. The normalized spacial score (nSPS) is 21.0. The molecular weight excluding hydrogens is 323 g/mol. The third kappa shape index (κ3) is 3.07. The largest absolute Gasteiger partial charge is 0.340 e. The Labute approximate surface area is 137 Å². The number of carbonyl (C=O) groups excluding carboxylic acids is 1. The van der Waals surface area contributed by atoms with Crippen molar-refractivity contribution in [1.29, 1.82) is 0 Å². The molecule has 1 aromatic carbocycles. The smallest absolute Gasteiger partial charge is 0.248 e. The SMILES string of the molecule is CC(=O)N1CCC(N)(c2nc(Cc3c(F)cccc3Cl)no2)C1. The van der Waals surface area contributed by atoms with E-state index in [1.165, 1.54) is 19.1 Å². The molecule has 1 atom stereocenters. The summed E-state index contributed by atoms with van der Waals surface area (Å²) in [5.41, 5.74) is 5.73. The predicted molar refractivity (Wildman–Crippen MR) is 81.3 cm³/mol. The summed E-state index contributed by atoms with van der Waals surface area (Å²) >= 11 is 6.00. The fraction of sp³-hybridized carbons (Fsp3) is 0.400. The maximum atomic E-state index is 13.8. The fourth-order valence-electron chi connectivity index (χ4n) is 2.66. The van der Waals surface area contributed by atoms with Crippen LogP contribution in [0.2, 0.25) is 5.02 Å². The van der Waals surface area contributed by atoms with Crippen LogP contribution in [0.25, 0.3) is 0 Å². The summed E-state index contributed by atoms with van der Waals surface area (Å²) in [5.74, 6) is 0.0898. The zero-order valence-corrected chi connectivity index (χ0v) is 13.3. The second kappa shape index (κ2) is 5.90. The Morgan fingerprint density at radius 3 is 3.00 bits per heavy atom. The van der Waals surface area contributed by atoms with E-state index in [1.54, 1.807) is 11.0 Å². The molecule has 3 rings (SSSR count). The van der Waals surface area contributed by atoms with Crippen LogP contribution in [0.3, 0.4) is 0 Å². The monoisotopic (exact) mass is 338 g/mol. The summed E-state index contributed by atoms with van der Waals surface area (Å²) in [6, 6.07) is 4.47. The van der Waals surface area contributed by atoms with E-state index < -0.39 is 11.4 Å². The summed E-state index contributed by atoms with van der Waals surface area (Å²) < 4.78 is 19.1. The number of carbonyl (C=O) groups is 1. The summed E-state index contributed by atoms with van der Waals surface area (Å²) in [6.07, 6.45) is 0.649. The number of nitrogens with two attached hydrogens (primary N) is 1. The summed E-state index contributed by atoms with van der Waals surface area (Å²) in [4.78, 5) is 17.3. The van der Waals surface area contributed by atoms with Crippen molar-refractivity contribution < 1.29 is 13.7 Å². The molecule has 6 nitrogen and oxygen atoms in total. The molecule has 0 bridgehead atoms. The average molecular weight is 339 g/mol. The van der Waals surface area contributed by atoms with Gasteiger partial charge in [0.25, 0.3) is 0 Å². The van der Waals surface area contributed by atoms with Crippen LogP contribution in [-0.2, 0) is 16.8 Å². The van der Waals surface area contributed by atoms with Crippen LogP contribution in [0.5, 0.6) is 0 Å². The van der Waals surface area contributed by atoms with Gasteiger partial charge in [-0.2, -0.15) is 4.98 Å². The molecular formula is C15H16ClFN4O2. The van der Waals surface area contributed by atoms with Gasteiger partial charge in [-0.1, -0.05) is 22.8 Å². The Balaban J connectivity index is 1.80. The van der Waals surface area contributed by atoms with Gasteiger partial charge in [-0.25, -0.2) is 4.39 Å². The lowest BCUT2D eigenvalue weighted by atomic mass is 10.0. The molecule has 0 spiro atoms. The Kier molecular flexibility index (Phi) is 4.08. The average Bonchev–Trinajstić information content (AvgIpc) is 3.11. The second-order valence-corrected chi connectivity index (χ2v) is 6.15. The van der Waals surface area contributed by atoms with Crippen LogP contribution in [0.4, 0.5) is 4.39 Å². The van der Waals surface area contributed by atoms with Crippen molar-refractivity contribution in [3.05, 3.63) is 46.3 Å². The molecule has 1 aromatic heterocycles. The van der Waals surface area contributed by atoms with Crippen LogP contribution < -0.4 is 5.73 Å². The van der Waals surface area contributed by atoms with Crippen LogP contribution >= 0.6 is 11.6 Å². The minimum atomic E-state index is -0.865. The molecule has 0 radical (unpaired) electrons. The number of benzene rings is 1. The van der Waals surface area contributed by atoms with E-state index in [1.807, 2.05) is 0 Å². The van der Waals surface area contributed by atoms with Gasteiger partial charge in [0.05, 0.1) is 0 Å². The number of likely N-dealkylation sites (tertiary alicyclic amines) is 1. The minimum Gasteiger partial charge on any atom is -0.340 e. The van der Waals surface area contributed by atoms with Crippen LogP contribution in [0.1, 0.15) is 30.6 Å². The lowest BCUT2D eigenvalue weighted by molar-refractivity contribution is -0.128. The first-order valence-corrected chi connectivity index (χ1v) is 7.57. The quantitative estimate of drug-likeness (QED) is 0.923. The maximum absolute atomic E-state index is 13.8. The van der Waals surface area contributed by atoms with Gasteiger partial charge in [0.1, 0.15) is 11.4 Å². The summed E-state index contributed by atoms with van der Waals surface area (Å²) in [5, 5.41) is 4.17. The first kappa shape index (κ1) is 15.9. The molecule has 2 aromatic rings. The Hall–Kier alpha value is -1.99. The first-order valence-electron chi connectivity index (χ1n) is 7.19. The van der Waals surface area contributed by atoms with Crippen LogP contribution in [-0.4, -0.2) is 34.0 Å². The molecule has 0 saturated carbocycles. The number of hydrogen-bond donors (Lipinski definition) is 1. The Bertz CT molecular complexity index is 731. The zero-order valence-electron chi connectivity index (χ0n) is 12.6. The van der Waals surface area contributed by atoms with Crippen molar-refractivity contribution in [2.75, 3.05) is 13.1 Å². The van der Waals surface area contributed by atoms with Crippen LogP contribution in [0, 0.1) is 5.82 Å². The van der Waals surface area contributed by atoms with Gasteiger partial charge in [0.2, 0.25) is 11.8 Å². The van der Waals surface area contributed by atoms with Gasteiger partial charge in [-0.15, -0.1) is 0 Å². The lowest BCUT2D eigenvalue weighted by Crippen LogP contribution is -2.41. The third-order valence-electron chi connectivity index (χ3n) is 4.04. The highest BCUT2D eigenvalue weighted by atomic mass is 35.5. The van der Waals surface area contributed by atoms with Gasteiger partial charge in [0, 0.05) is 37.0 Å². The molecule has 23 heavy (non-hydrogen) atoms. The van der Waals surface area contributed by atoms with Crippen molar-refractivity contribution in [2.24, 2.45) is 5.73 Å². The molecule has 1 saturated heterocycles. The summed E-state index contributed by atoms with van der Waals surface area (Å²) in [7, 11) is 0. The van der Waals surface area contributed by atoms with Crippen molar-refractivity contribution in [3.63, 3.8) is 0 Å². The van der Waals surface area contributed by atoms with Gasteiger partial charge in [0.15, 0.2) is 5.82 Å². The topological polar surface area (TPSA) is 85.2 Å². The number of halogens is 2. The first-order chi connectivity index (χ1) is 10.9. The number of rotatable bonds is 3. The van der Waals surface area contributed by atoms with Crippen molar-refractivity contribution in [3.8, 4) is 0 Å². The second-order valence-electron chi connectivity index (χ2n) is 5.74. The maximum Gasteiger partial charge on any atom is 0.248 e. The number of amides is 1. The van der Waals surface area contributed by atoms with E-state index in [0.29, 0.717) is 35.9 Å². The highest BCUT2D eigenvalue weighted by molar-refractivity contribution is 6.31. The minimum absolute atomic E-state index is 0.0461. The molecule has 1 amide bonds. The number of aromatic nitrogens is 2. The third-order valence-corrected chi connectivity index (χ3v) is 4.39. The highest BCUT2D eigenvalue weighted by Gasteiger charge is 2.41. The van der Waals surface area contributed by atoms with Crippen molar-refractivity contribution in [1.82, 2.24) is 15.0 Å². The standard InChI is InChI=1S/C15H16ClFN4O2/c1-9(22)21-6-5-15(18,8-21)14-19-13(20-23-14)7-10-11(16)3-2-4-12(10)17/h2-4H,5-8,18H2,1H3. The molecule has 8 heteroatoms. The van der Waals surface area contributed by atoms with E-state index in [9.17, 15) is 9.18 Å². The fourth-order valence-corrected chi connectivity index (χ4v) is 2.89. The molecule has 0 aliphatic carbocycles. The molecule has 1 aliphatic rings. The predicted octanol–water partition coefficient (Wildman–Crippen LogP) is 1.86. The van der Waals surface area contributed by atoms with Gasteiger partial charge in [-0.3, -0.25) is 4.79 Å². The molecule has 2 heterocycles. The molecule has 1 fully saturated rings. The summed E-state index contributed by atoms with van der Waals surface area (Å²) in [6.45, 7) is 2.36. The highest BCUT2D eigenvalue weighted by Crippen LogP contribution is 2.29. The van der Waals surface area contributed by atoms with E-state index in [-0.39, 0.29) is 18.2 Å². The van der Waals surface area contributed by atoms with Crippen molar-refractivity contribution >= 4 is 17.5 Å². The van der Waals surface area contributed by atoms with E-state index in [2.05, 4.69) is 10.1 Å². The van der Waals surface area contributed by atoms with E-state index in [0.717, 1.165) is 0 Å². The lowest BCUT2D eigenvalue weighted by Gasteiger charge is -2.19. The molecule has 2 N–H and O–H groups in total. The Morgan fingerprint density at radius 1 is 1.57 bits per heavy atom. The Morgan fingerprint density at radius 2 is 2.35 bits per heavy atom. The van der Waals surface area contributed by atoms with Crippen LogP contribution in [0.15, 0.2) is 22.7 Å². The van der Waals surface area contributed by atoms with Gasteiger partial charge >= 0.3 is 0 Å². The van der Waals surface area contributed by atoms with Crippen molar-refractivity contribution in [2.45, 2.75) is 25.3 Å². The molecule has 1 unspecified atom stereocenters. The molecule has 122 valence electrons. The van der Waals surface area contributed by atoms with E-state index in [4.69, 9.17) is 21.9 Å². The number of nitrogens with zero attached hydrogens (tertiary/aromatic N) is 3. The van der Waals surface area contributed by atoms with Gasteiger partial charge < -0.3 is 15.2 Å².